The van der Waals surface area contributed by atoms with E-state index in [1.165, 1.54) is 45.5 Å². The Bertz CT molecular complexity index is 1550. The number of hydrogen-bond acceptors (Lipinski definition) is 4. The van der Waals surface area contributed by atoms with Crippen molar-refractivity contribution in [1.29, 1.82) is 0 Å². The molecule has 0 spiro atoms. The second-order valence-corrected chi connectivity index (χ2v) is 10.9. The number of thiazole rings is 1. The zero-order valence-electron chi connectivity index (χ0n) is 18.4. The Morgan fingerprint density at radius 3 is 2.58 bits per heavy atom. The van der Waals surface area contributed by atoms with Crippen molar-refractivity contribution in [3.05, 3.63) is 88.2 Å². The number of fused-ring (bicyclic) bond motifs is 2. The number of carbonyl (C=O) groups excluding carboxylic acids is 1. The van der Waals surface area contributed by atoms with Gasteiger partial charge in [-0.1, -0.05) is 42.5 Å². The van der Waals surface area contributed by atoms with Gasteiger partial charge in [0.25, 0.3) is 15.9 Å². The van der Waals surface area contributed by atoms with Crippen LogP contribution in [0.5, 0.6) is 0 Å². The fraction of sp³-hybridized carbons (Fsp3) is 0.200. The van der Waals surface area contributed by atoms with Crippen molar-refractivity contribution in [2.24, 2.45) is 12.0 Å². The summed E-state index contributed by atoms with van der Waals surface area (Å²) in [7, 11) is -1.81. The first kappa shape index (κ1) is 21.6. The van der Waals surface area contributed by atoms with E-state index >= 15 is 0 Å². The molecule has 0 fully saturated rings. The number of rotatable bonds is 4. The third kappa shape index (κ3) is 3.79. The van der Waals surface area contributed by atoms with Crippen molar-refractivity contribution in [2.75, 3.05) is 10.8 Å². The van der Waals surface area contributed by atoms with Crippen molar-refractivity contribution in [3.8, 4) is 0 Å². The zero-order valence-corrected chi connectivity index (χ0v) is 20.0. The molecule has 1 aromatic heterocycles. The lowest BCUT2D eigenvalue weighted by Crippen LogP contribution is -2.29. The lowest BCUT2D eigenvalue weighted by atomic mass is 10.2. The molecule has 0 radical (unpaired) electrons. The monoisotopic (exact) mass is 477 g/mol. The molecule has 1 amide bonds. The molecule has 3 aromatic carbocycles. The van der Waals surface area contributed by atoms with Gasteiger partial charge in [-0.2, -0.15) is 4.99 Å². The number of para-hydroxylation sites is 1. The maximum Gasteiger partial charge on any atom is 0.279 e. The highest BCUT2D eigenvalue weighted by molar-refractivity contribution is 7.92. The van der Waals surface area contributed by atoms with E-state index in [1.807, 2.05) is 41.9 Å². The van der Waals surface area contributed by atoms with Gasteiger partial charge in [0.1, 0.15) is 0 Å². The summed E-state index contributed by atoms with van der Waals surface area (Å²) in [5.41, 5.74) is 4.35. The Balaban J connectivity index is 1.44. The molecule has 1 aliphatic heterocycles. The number of anilines is 1. The van der Waals surface area contributed by atoms with E-state index in [1.54, 1.807) is 0 Å². The average molecular weight is 478 g/mol. The summed E-state index contributed by atoms with van der Waals surface area (Å²) < 4.78 is 30.8. The van der Waals surface area contributed by atoms with Gasteiger partial charge >= 0.3 is 0 Å². The SMILES string of the molecule is CCc1ccc2c(c1)sc(=NC(=O)c1ccc(S(=O)(=O)N3CCc4ccccc43)cc1)n2C. The second-order valence-electron chi connectivity index (χ2n) is 8.00. The maximum atomic E-state index is 13.2. The largest absolute Gasteiger partial charge is 0.319 e. The molecule has 8 heteroatoms. The zero-order chi connectivity index (χ0) is 23.2. The van der Waals surface area contributed by atoms with Gasteiger partial charge in [0.15, 0.2) is 4.80 Å². The van der Waals surface area contributed by atoms with Gasteiger partial charge in [0.05, 0.1) is 20.8 Å². The molecule has 6 nitrogen and oxygen atoms in total. The fourth-order valence-electron chi connectivity index (χ4n) is 4.11. The molecule has 0 atom stereocenters. The molecule has 0 saturated heterocycles. The average Bonchev–Trinajstić information content (AvgIpc) is 3.40. The lowest BCUT2D eigenvalue weighted by Gasteiger charge is -2.19. The van der Waals surface area contributed by atoms with Crippen LogP contribution in [0.4, 0.5) is 5.69 Å². The van der Waals surface area contributed by atoms with Crippen LogP contribution in [0.2, 0.25) is 0 Å². The second kappa shape index (κ2) is 8.28. The van der Waals surface area contributed by atoms with Gasteiger partial charge < -0.3 is 4.57 Å². The fourth-order valence-corrected chi connectivity index (χ4v) is 6.69. The predicted molar refractivity (Wildman–Crippen MR) is 131 cm³/mol. The van der Waals surface area contributed by atoms with E-state index in [4.69, 9.17) is 0 Å². The van der Waals surface area contributed by atoms with Crippen LogP contribution in [0.1, 0.15) is 28.4 Å². The summed E-state index contributed by atoms with van der Waals surface area (Å²) in [4.78, 5) is 17.9. The molecule has 5 rings (SSSR count). The first-order valence-corrected chi connectivity index (χ1v) is 13.0. The summed E-state index contributed by atoms with van der Waals surface area (Å²) >= 11 is 1.47. The number of hydrogen-bond donors (Lipinski definition) is 0. The Kier molecular flexibility index (Phi) is 5.42. The summed E-state index contributed by atoms with van der Waals surface area (Å²) in [5.74, 6) is -0.400. The summed E-state index contributed by atoms with van der Waals surface area (Å²) in [5, 5.41) is 0. The number of sulfonamides is 1. The standard InChI is InChI=1S/C25H23N3O3S2/c1-3-17-8-13-22-23(16-17)32-25(27(22)2)26-24(29)19-9-11-20(12-10-19)33(30,31)28-15-14-18-6-4-5-7-21(18)28/h4-13,16H,3,14-15H2,1-2H3. The van der Waals surface area contributed by atoms with Gasteiger partial charge in [-0.15, -0.1) is 0 Å². The minimum atomic E-state index is -3.69. The molecular formula is C25H23N3O3S2. The molecule has 4 aromatic rings. The highest BCUT2D eigenvalue weighted by Gasteiger charge is 2.30. The first-order valence-electron chi connectivity index (χ1n) is 10.8. The van der Waals surface area contributed by atoms with Crippen molar-refractivity contribution in [1.82, 2.24) is 4.57 Å². The predicted octanol–water partition coefficient (Wildman–Crippen LogP) is 4.29. The lowest BCUT2D eigenvalue weighted by molar-refractivity contribution is 0.0998. The smallest absolute Gasteiger partial charge is 0.279 e. The van der Waals surface area contributed by atoms with Gasteiger partial charge in [0.2, 0.25) is 0 Å². The van der Waals surface area contributed by atoms with Crippen LogP contribution in [0.15, 0.2) is 76.6 Å². The van der Waals surface area contributed by atoms with Gasteiger partial charge in [-0.3, -0.25) is 9.10 Å². The molecule has 2 heterocycles. The molecule has 33 heavy (non-hydrogen) atoms. The van der Waals surface area contributed by atoms with Gasteiger partial charge in [0, 0.05) is 19.2 Å². The van der Waals surface area contributed by atoms with E-state index in [2.05, 4.69) is 24.0 Å². The van der Waals surface area contributed by atoms with Crippen LogP contribution >= 0.6 is 11.3 Å². The Morgan fingerprint density at radius 2 is 1.82 bits per heavy atom. The number of benzene rings is 3. The van der Waals surface area contributed by atoms with Gasteiger partial charge in [-0.25, -0.2) is 8.42 Å². The third-order valence-electron chi connectivity index (χ3n) is 6.01. The van der Waals surface area contributed by atoms with Crippen molar-refractivity contribution < 1.29 is 13.2 Å². The van der Waals surface area contributed by atoms with E-state index < -0.39 is 15.9 Å². The maximum absolute atomic E-state index is 13.2. The van der Waals surface area contributed by atoms with E-state index in [9.17, 15) is 13.2 Å². The van der Waals surface area contributed by atoms with E-state index in [-0.39, 0.29) is 4.90 Å². The van der Waals surface area contributed by atoms with Crippen LogP contribution in [0.3, 0.4) is 0 Å². The topological polar surface area (TPSA) is 71.7 Å². The normalized spacial score (nSPS) is 14.1. The summed E-state index contributed by atoms with van der Waals surface area (Å²) in [6.07, 6.45) is 1.64. The van der Waals surface area contributed by atoms with Crippen LogP contribution < -0.4 is 9.11 Å². The number of amides is 1. The molecule has 0 N–H and O–H groups in total. The first-order chi connectivity index (χ1) is 15.9. The molecule has 0 aliphatic carbocycles. The Morgan fingerprint density at radius 1 is 1.06 bits per heavy atom. The highest BCUT2D eigenvalue weighted by Crippen LogP contribution is 2.32. The molecule has 168 valence electrons. The molecule has 0 bridgehead atoms. The molecule has 0 saturated carbocycles. The molecule has 0 unspecified atom stereocenters. The Hall–Kier alpha value is -3.23. The van der Waals surface area contributed by atoms with Crippen molar-refractivity contribution >= 4 is 43.2 Å². The summed E-state index contributed by atoms with van der Waals surface area (Å²) in [6, 6.07) is 19.8. The minimum absolute atomic E-state index is 0.162. The van der Waals surface area contributed by atoms with Crippen molar-refractivity contribution in [2.45, 2.75) is 24.7 Å². The molecule has 1 aliphatic rings. The number of nitrogens with zero attached hydrogens (tertiary/aromatic N) is 3. The summed E-state index contributed by atoms with van der Waals surface area (Å²) in [6.45, 7) is 2.52. The van der Waals surface area contributed by atoms with Crippen LogP contribution in [0, 0.1) is 0 Å². The number of aryl methyl sites for hydroxylation is 2. The number of carbonyl (C=O) groups is 1. The van der Waals surface area contributed by atoms with Crippen LogP contribution in [-0.4, -0.2) is 25.4 Å². The van der Waals surface area contributed by atoms with Crippen LogP contribution in [-0.2, 0) is 29.9 Å². The third-order valence-corrected chi connectivity index (χ3v) is 8.94. The highest BCUT2D eigenvalue weighted by atomic mass is 32.2. The van der Waals surface area contributed by atoms with Crippen LogP contribution in [0.25, 0.3) is 10.2 Å². The Labute approximate surface area is 196 Å². The van der Waals surface area contributed by atoms with E-state index in [0.717, 1.165) is 27.9 Å². The van der Waals surface area contributed by atoms with Crippen molar-refractivity contribution in [3.63, 3.8) is 0 Å². The minimum Gasteiger partial charge on any atom is -0.319 e. The van der Waals surface area contributed by atoms with Gasteiger partial charge in [-0.05, 0) is 66.4 Å². The molecular weight excluding hydrogens is 454 g/mol. The quantitative estimate of drug-likeness (QED) is 0.440. The van der Waals surface area contributed by atoms with E-state index in [0.29, 0.717) is 23.3 Å². The number of aromatic nitrogens is 1.